The van der Waals surface area contributed by atoms with Crippen LogP contribution in [0.25, 0.3) is 0 Å². The van der Waals surface area contributed by atoms with Crippen LogP contribution in [0.5, 0.6) is 0 Å². The van der Waals surface area contributed by atoms with Gasteiger partial charge in [0.2, 0.25) is 5.91 Å². The molecule has 5 nitrogen and oxygen atoms in total. The van der Waals surface area contributed by atoms with Gasteiger partial charge in [-0.3, -0.25) is 4.79 Å². The Labute approximate surface area is 84.1 Å². The van der Waals surface area contributed by atoms with E-state index in [4.69, 9.17) is 9.47 Å². The van der Waals surface area contributed by atoms with E-state index in [2.05, 4.69) is 10.6 Å². The topological polar surface area (TPSA) is 59.6 Å². The molecule has 1 aliphatic rings. The summed E-state index contributed by atoms with van der Waals surface area (Å²) in [5, 5.41) is 5.80. The minimum absolute atomic E-state index is 0.0225. The Morgan fingerprint density at radius 1 is 1.71 bits per heavy atom. The van der Waals surface area contributed by atoms with Gasteiger partial charge < -0.3 is 20.1 Å². The van der Waals surface area contributed by atoms with Crippen LogP contribution in [0, 0.1) is 0 Å². The van der Waals surface area contributed by atoms with Crippen LogP contribution in [0.3, 0.4) is 0 Å². The first-order valence-electron chi connectivity index (χ1n) is 4.77. The number of rotatable bonds is 4. The van der Waals surface area contributed by atoms with Gasteiger partial charge in [-0.05, 0) is 0 Å². The molecule has 1 unspecified atom stereocenters. The molecular formula is C9H18N2O3. The molecule has 14 heavy (non-hydrogen) atoms. The SMILES string of the molecule is CNC(=O)CC1(COC)CNCCO1. The van der Waals surface area contributed by atoms with Crippen molar-refractivity contribution in [1.82, 2.24) is 10.6 Å². The zero-order chi connectivity index (χ0) is 10.4. The second-order valence-electron chi connectivity index (χ2n) is 3.49. The van der Waals surface area contributed by atoms with E-state index in [0.29, 0.717) is 26.2 Å². The van der Waals surface area contributed by atoms with Crippen LogP contribution in [0.1, 0.15) is 6.42 Å². The molecule has 1 atom stereocenters. The van der Waals surface area contributed by atoms with Crippen molar-refractivity contribution in [3.8, 4) is 0 Å². The Morgan fingerprint density at radius 2 is 2.50 bits per heavy atom. The zero-order valence-corrected chi connectivity index (χ0v) is 8.76. The summed E-state index contributed by atoms with van der Waals surface area (Å²) in [7, 11) is 3.24. The van der Waals surface area contributed by atoms with Crippen molar-refractivity contribution in [2.75, 3.05) is 40.5 Å². The lowest BCUT2D eigenvalue weighted by Gasteiger charge is -2.36. The Hall–Kier alpha value is -0.650. The van der Waals surface area contributed by atoms with E-state index in [1.54, 1.807) is 14.2 Å². The molecule has 0 aromatic rings. The van der Waals surface area contributed by atoms with Gasteiger partial charge in [-0.25, -0.2) is 0 Å². The zero-order valence-electron chi connectivity index (χ0n) is 8.76. The highest BCUT2D eigenvalue weighted by Gasteiger charge is 2.35. The molecule has 0 radical (unpaired) electrons. The summed E-state index contributed by atoms with van der Waals surface area (Å²) in [5.41, 5.74) is -0.493. The van der Waals surface area contributed by atoms with Gasteiger partial charge in [-0.15, -0.1) is 0 Å². The van der Waals surface area contributed by atoms with Gasteiger partial charge in [0.1, 0.15) is 5.60 Å². The number of ether oxygens (including phenoxy) is 2. The van der Waals surface area contributed by atoms with Crippen molar-refractivity contribution >= 4 is 5.91 Å². The second kappa shape index (κ2) is 5.29. The number of nitrogens with one attached hydrogen (secondary N) is 2. The van der Waals surface area contributed by atoms with Crippen molar-refractivity contribution in [3.05, 3.63) is 0 Å². The Kier molecular flexibility index (Phi) is 4.31. The quantitative estimate of drug-likeness (QED) is 0.622. The average Bonchev–Trinajstić information content (AvgIpc) is 2.19. The fourth-order valence-electron chi connectivity index (χ4n) is 1.61. The van der Waals surface area contributed by atoms with E-state index in [1.165, 1.54) is 0 Å². The largest absolute Gasteiger partial charge is 0.382 e. The molecule has 2 N–H and O–H groups in total. The molecule has 0 aliphatic carbocycles. The maximum absolute atomic E-state index is 11.3. The summed E-state index contributed by atoms with van der Waals surface area (Å²) in [6.07, 6.45) is 0.338. The number of morpholine rings is 1. The van der Waals surface area contributed by atoms with E-state index in [-0.39, 0.29) is 5.91 Å². The number of methoxy groups -OCH3 is 1. The van der Waals surface area contributed by atoms with E-state index in [0.717, 1.165) is 6.54 Å². The monoisotopic (exact) mass is 202 g/mol. The number of carbonyl (C=O) groups excluding carboxylic acids is 1. The van der Waals surface area contributed by atoms with Crippen molar-refractivity contribution in [3.63, 3.8) is 0 Å². The summed E-state index contributed by atoms with van der Waals surface area (Å²) >= 11 is 0. The van der Waals surface area contributed by atoms with Crippen LogP contribution in [-0.4, -0.2) is 52.0 Å². The third-order valence-corrected chi connectivity index (χ3v) is 2.30. The molecule has 0 saturated carbocycles. The molecule has 0 aromatic carbocycles. The van der Waals surface area contributed by atoms with E-state index in [9.17, 15) is 4.79 Å². The van der Waals surface area contributed by atoms with Gasteiger partial charge in [0, 0.05) is 27.2 Å². The maximum Gasteiger partial charge on any atom is 0.222 e. The lowest BCUT2D eigenvalue weighted by Crippen LogP contribution is -2.54. The molecule has 1 rings (SSSR count). The summed E-state index contributed by atoms with van der Waals surface area (Å²) in [6.45, 7) is 2.56. The molecule has 0 bridgehead atoms. The molecule has 1 aliphatic heterocycles. The van der Waals surface area contributed by atoms with E-state index < -0.39 is 5.60 Å². The first-order valence-corrected chi connectivity index (χ1v) is 4.77. The van der Waals surface area contributed by atoms with Crippen LogP contribution in [0.2, 0.25) is 0 Å². The van der Waals surface area contributed by atoms with Gasteiger partial charge in [0.25, 0.3) is 0 Å². The highest BCUT2D eigenvalue weighted by atomic mass is 16.5. The first-order chi connectivity index (χ1) is 6.72. The molecule has 5 heteroatoms. The van der Waals surface area contributed by atoms with Crippen molar-refractivity contribution in [2.45, 2.75) is 12.0 Å². The predicted octanol–water partition coefficient (Wildman–Crippen LogP) is -0.872. The van der Waals surface area contributed by atoms with Gasteiger partial charge in [0.15, 0.2) is 0 Å². The first kappa shape index (κ1) is 11.4. The lowest BCUT2D eigenvalue weighted by atomic mass is 9.98. The smallest absolute Gasteiger partial charge is 0.222 e. The fraction of sp³-hybridized carbons (Fsp3) is 0.889. The van der Waals surface area contributed by atoms with Crippen molar-refractivity contribution in [1.29, 1.82) is 0 Å². The molecular weight excluding hydrogens is 184 g/mol. The van der Waals surface area contributed by atoms with E-state index in [1.807, 2.05) is 0 Å². The number of amides is 1. The van der Waals surface area contributed by atoms with Crippen molar-refractivity contribution in [2.24, 2.45) is 0 Å². The highest BCUT2D eigenvalue weighted by molar-refractivity contribution is 5.76. The highest BCUT2D eigenvalue weighted by Crippen LogP contribution is 2.18. The Bertz CT molecular complexity index is 185. The molecule has 1 fully saturated rings. The molecule has 1 amide bonds. The van der Waals surface area contributed by atoms with Crippen LogP contribution < -0.4 is 10.6 Å². The van der Waals surface area contributed by atoms with Gasteiger partial charge in [-0.1, -0.05) is 0 Å². The van der Waals surface area contributed by atoms with Crippen LogP contribution in [0.4, 0.5) is 0 Å². The fourth-order valence-corrected chi connectivity index (χ4v) is 1.61. The lowest BCUT2D eigenvalue weighted by molar-refractivity contribution is -0.139. The van der Waals surface area contributed by atoms with Gasteiger partial charge in [-0.2, -0.15) is 0 Å². The minimum Gasteiger partial charge on any atom is -0.382 e. The van der Waals surface area contributed by atoms with Crippen LogP contribution >= 0.6 is 0 Å². The number of carbonyl (C=O) groups is 1. The van der Waals surface area contributed by atoms with Crippen molar-refractivity contribution < 1.29 is 14.3 Å². The second-order valence-corrected chi connectivity index (χ2v) is 3.49. The van der Waals surface area contributed by atoms with E-state index >= 15 is 0 Å². The Balaban J connectivity index is 2.55. The standard InChI is InChI=1S/C9H18N2O3/c1-10-8(12)5-9(7-13-2)6-11-3-4-14-9/h11H,3-7H2,1-2H3,(H,10,12). The maximum atomic E-state index is 11.3. The number of hydrogen-bond acceptors (Lipinski definition) is 4. The third-order valence-electron chi connectivity index (χ3n) is 2.30. The Morgan fingerprint density at radius 3 is 3.00 bits per heavy atom. The van der Waals surface area contributed by atoms with Crippen LogP contribution in [-0.2, 0) is 14.3 Å². The summed E-state index contributed by atoms with van der Waals surface area (Å²) < 4.78 is 10.7. The summed E-state index contributed by atoms with van der Waals surface area (Å²) in [4.78, 5) is 11.3. The van der Waals surface area contributed by atoms with Gasteiger partial charge in [0.05, 0.1) is 19.6 Å². The normalized spacial score (nSPS) is 27.3. The minimum atomic E-state index is -0.493. The van der Waals surface area contributed by atoms with Crippen LogP contribution in [0.15, 0.2) is 0 Å². The summed E-state index contributed by atoms with van der Waals surface area (Å²) in [6, 6.07) is 0. The van der Waals surface area contributed by atoms with Gasteiger partial charge >= 0.3 is 0 Å². The predicted molar refractivity (Wildman–Crippen MR) is 52.1 cm³/mol. The summed E-state index contributed by atoms with van der Waals surface area (Å²) in [5.74, 6) is -0.0225. The number of hydrogen-bond donors (Lipinski definition) is 2. The molecule has 0 aromatic heterocycles. The molecule has 82 valence electrons. The molecule has 1 saturated heterocycles. The molecule has 0 spiro atoms. The molecule has 1 heterocycles. The average molecular weight is 202 g/mol. The third kappa shape index (κ3) is 2.94.